The third-order valence-corrected chi connectivity index (χ3v) is 3.48. The van der Waals surface area contributed by atoms with Gasteiger partial charge in [0.25, 0.3) is 0 Å². The van der Waals surface area contributed by atoms with Crippen molar-refractivity contribution in [2.75, 3.05) is 19.5 Å². The summed E-state index contributed by atoms with van der Waals surface area (Å²) in [6.45, 7) is 0. The number of ether oxygens (including phenoxy) is 1. The summed E-state index contributed by atoms with van der Waals surface area (Å²) < 4.78 is 5.38. The normalized spacial score (nSPS) is 10.6. The summed E-state index contributed by atoms with van der Waals surface area (Å²) >= 11 is 6.07. The molecule has 4 nitrogen and oxygen atoms in total. The zero-order valence-corrected chi connectivity index (χ0v) is 12.5. The van der Waals surface area contributed by atoms with Crippen LogP contribution in [0.5, 0.6) is 5.75 Å². The van der Waals surface area contributed by atoms with Crippen LogP contribution in [0.4, 0.5) is 5.82 Å². The van der Waals surface area contributed by atoms with Gasteiger partial charge < -0.3 is 10.1 Å². The Bertz CT molecular complexity index is 805. The first-order chi connectivity index (χ1) is 10.2. The molecular formula is C16H14ClN3O. The van der Waals surface area contributed by atoms with Crippen molar-refractivity contribution in [2.24, 2.45) is 0 Å². The Hall–Kier alpha value is -2.33. The number of anilines is 1. The summed E-state index contributed by atoms with van der Waals surface area (Å²) in [5.41, 5.74) is 1.64. The number of rotatable bonds is 3. The van der Waals surface area contributed by atoms with E-state index >= 15 is 0 Å². The predicted molar refractivity (Wildman–Crippen MR) is 86.1 cm³/mol. The molecule has 0 radical (unpaired) electrons. The second-order valence-corrected chi connectivity index (χ2v) is 4.94. The molecule has 5 heteroatoms. The van der Waals surface area contributed by atoms with Crippen LogP contribution in [0.3, 0.4) is 0 Å². The van der Waals surface area contributed by atoms with Crippen LogP contribution < -0.4 is 10.1 Å². The fourth-order valence-electron chi connectivity index (χ4n) is 2.24. The van der Waals surface area contributed by atoms with E-state index in [1.807, 2.05) is 49.5 Å². The van der Waals surface area contributed by atoms with E-state index in [1.54, 1.807) is 7.11 Å². The van der Waals surface area contributed by atoms with Crippen molar-refractivity contribution in [3.8, 4) is 17.1 Å². The number of hydrogen-bond donors (Lipinski definition) is 1. The summed E-state index contributed by atoms with van der Waals surface area (Å²) in [5.74, 6) is 2.10. The number of halogens is 1. The lowest BCUT2D eigenvalue weighted by Gasteiger charge is -2.11. The molecule has 0 saturated heterocycles. The highest BCUT2D eigenvalue weighted by Gasteiger charge is 2.12. The molecule has 3 aromatic rings. The van der Waals surface area contributed by atoms with Crippen LogP contribution >= 0.6 is 11.6 Å². The molecule has 0 atom stereocenters. The van der Waals surface area contributed by atoms with Gasteiger partial charge in [0.1, 0.15) is 11.6 Å². The maximum absolute atomic E-state index is 6.07. The van der Waals surface area contributed by atoms with E-state index in [0.29, 0.717) is 10.8 Å². The first-order valence-corrected chi connectivity index (χ1v) is 6.89. The lowest BCUT2D eigenvalue weighted by Crippen LogP contribution is -1.99. The van der Waals surface area contributed by atoms with Crippen LogP contribution in [0, 0.1) is 0 Å². The molecule has 3 rings (SSSR count). The van der Waals surface area contributed by atoms with Gasteiger partial charge in [-0.3, -0.25) is 0 Å². The fraction of sp³-hybridized carbons (Fsp3) is 0.125. The smallest absolute Gasteiger partial charge is 0.165 e. The van der Waals surface area contributed by atoms with Crippen LogP contribution in [0.2, 0.25) is 5.02 Å². The Morgan fingerprint density at radius 2 is 1.90 bits per heavy atom. The average Bonchev–Trinajstić information content (AvgIpc) is 2.53. The van der Waals surface area contributed by atoms with Gasteiger partial charge in [-0.2, -0.15) is 0 Å². The molecular weight excluding hydrogens is 286 g/mol. The molecule has 0 aliphatic carbocycles. The van der Waals surface area contributed by atoms with Crippen molar-refractivity contribution in [3.63, 3.8) is 0 Å². The average molecular weight is 300 g/mol. The lowest BCUT2D eigenvalue weighted by atomic mass is 10.1. The summed E-state index contributed by atoms with van der Waals surface area (Å²) in [5, 5.41) is 4.68. The molecule has 0 saturated carbocycles. The number of fused-ring (bicyclic) bond motifs is 1. The zero-order chi connectivity index (χ0) is 14.8. The number of hydrogen-bond acceptors (Lipinski definition) is 4. The highest BCUT2D eigenvalue weighted by molar-refractivity contribution is 6.31. The van der Waals surface area contributed by atoms with Gasteiger partial charge >= 0.3 is 0 Å². The van der Waals surface area contributed by atoms with Crippen LogP contribution in [0.1, 0.15) is 0 Å². The quantitative estimate of drug-likeness (QED) is 0.794. The second kappa shape index (κ2) is 5.58. The predicted octanol–water partition coefficient (Wildman–Crippen LogP) is 4.00. The Labute approximate surface area is 127 Å². The van der Waals surface area contributed by atoms with Crippen LogP contribution in [-0.4, -0.2) is 24.1 Å². The number of methoxy groups -OCH3 is 1. The molecule has 0 aliphatic heterocycles. The van der Waals surface area contributed by atoms with Crippen LogP contribution in [0.25, 0.3) is 22.3 Å². The molecule has 1 aromatic heterocycles. The second-order valence-electron chi connectivity index (χ2n) is 4.51. The molecule has 2 aromatic carbocycles. The summed E-state index contributed by atoms with van der Waals surface area (Å²) in [6, 6.07) is 13.2. The summed E-state index contributed by atoms with van der Waals surface area (Å²) in [7, 11) is 3.47. The van der Waals surface area contributed by atoms with Gasteiger partial charge in [0, 0.05) is 17.5 Å². The van der Waals surface area contributed by atoms with Crippen molar-refractivity contribution < 1.29 is 4.74 Å². The van der Waals surface area contributed by atoms with E-state index in [4.69, 9.17) is 16.3 Å². The highest BCUT2D eigenvalue weighted by Crippen LogP contribution is 2.31. The van der Waals surface area contributed by atoms with E-state index in [0.717, 1.165) is 28.0 Å². The minimum Gasteiger partial charge on any atom is -0.496 e. The Morgan fingerprint density at radius 3 is 2.67 bits per heavy atom. The number of para-hydroxylation sites is 1. The van der Waals surface area contributed by atoms with E-state index in [9.17, 15) is 0 Å². The van der Waals surface area contributed by atoms with Crippen molar-refractivity contribution in [1.29, 1.82) is 0 Å². The number of nitrogens with one attached hydrogen (secondary N) is 1. The van der Waals surface area contributed by atoms with E-state index < -0.39 is 0 Å². The van der Waals surface area contributed by atoms with Crippen molar-refractivity contribution in [2.45, 2.75) is 0 Å². The third kappa shape index (κ3) is 2.50. The van der Waals surface area contributed by atoms with E-state index in [2.05, 4.69) is 15.3 Å². The highest BCUT2D eigenvalue weighted by atomic mass is 35.5. The van der Waals surface area contributed by atoms with Gasteiger partial charge in [-0.15, -0.1) is 0 Å². The molecule has 0 spiro atoms. The molecule has 0 amide bonds. The minimum absolute atomic E-state index is 0.603. The molecule has 0 aliphatic rings. The van der Waals surface area contributed by atoms with Gasteiger partial charge in [0.05, 0.1) is 18.2 Å². The molecule has 21 heavy (non-hydrogen) atoms. The first kappa shape index (κ1) is 13.6. The fourth-order valence-corrected chi connectivity index (χ4v) is 2.41. The number of aromatic nitrogens is 2. The largest absolute Gasteiger partial charge is 0.496 e. The maximum atomic E-state index is 6.07. The van der Waals surface area contributed by atoms with Crippen molar-refractivity contribution in [3.05, 3.63) is 47.5 Å². The van der Waals surface area contributed by atoms with Crippen LogP contribution in [-0.2, 0) is 0 Å². The molecule has 0 unspecified atom stereocenters. The van der Waals surface area contributed by atoms with E-state index in [1.165, 1.54) is 0 Å². The van der Waals surface area contributed by atoms with Gasteiger partial charge in [-0.1, -0.05) is 23.7 Å². The van der Waals surface area contributed by atoms with Crippen molar-refractivity contribution in [1.82, 2.24) is 9.97 Å². The molecule has 1 heterocycles. The lowest BCUT2D eigenvalue weighted by molar-refractivity contribution is 0.416. The number of benzene rings is 2. The number of nitrogens with zero attached hydrogens (tertiary/aromatic N) is 2. The summed E-state index contributed by atoms with van der Waals surface area (Å²) in [4.78, 5) is 9.19. The summed E-state index contributed by atoms with van der Waals surface area (Å²) in [6.07, 6.45) is 0. The Morgan fingerprint density at radius 1 is 1.10 bits per heavy atom. The van der Waals surface area contributed by atoms with Gasteiger partial charge in [-0.25, -0.2) is 9.97 Å². The van der Waals surface area contributed by atoms with E-state index in [-0.39, 0.29) is 0 Å². The molecule has 106 valence electrons. The first-order valence-electron chi connectivity index (χ1n) is 6.51. The van der Waals surface area contributed by atoms with Crippen LogP contribution in [0.15, 0.2) is 42.5 Å². The van der Waals surface area contributed by atoms with Gasteiger partial charge in [0.15, 0.2) is 5.82 Å². The topological polar surface area (TPSA) is 47.0 Å². The Kier molecular flexibility index (Phi) is 3.62. The minimum atomic E-state index is 0.603. The molecule has 0 fully saturated rings. The Balaban J connectivity index is 2.28. The maximum Gasteiger partial charge on any atom is 0.165 e. The van der Waals surface area contributed by atoms with Crippen molar-refractivity contribution >= 4 is 28.3 Å². The monoisotopic (exact) mass is 299 g/mol. The van der Waals surface area contributed by atoms with Gasteiger partial charge in [0.2, 0.25) is 0 Å². The molecule has 1 N–H and O–H groups in total. The third-order valence-electron chi connectivity index (χ3n) is 3.24. The molecule has 0 bridgehead atoms. The SMILES string of the molecule is CNc1nc(-c2ccccc2OC)nc2cc(Cl)ccc12. The van der Waals surface area contributed by atoms with Gasteiger partial charge in [-0.05, 0) is 30.3 Å². The zero-order valence-electron chi connectivity index (χ0n) is 11.7. The standard InChI is InChI=1S/C16H14ClN3O/c1-18-15-11-8-7-10(17)9-13(11)19-16(20-15)12-5-3-4-6-14(12)21-2/h3-9H,1-2H3,(H,18,19,20).